The molecule has 4 aromatic rings. The summed E-state index contributed by atoms with van der Waals surface area (Å²) in [5, 5.41) is 8.28. The van der Waals surface area contributed by atoms with E-state index in [1.54, 1.807) is 12.1 Å². The summed E-state index contributed by atoms with van der Waals surface area (Å²) in [6.45, 7) is 6.36. The van der Waals surface area contributed by atoms with Crippen LogP contribution in [0.25, 0.3) is 22.3 Å². The second-order valence-corrected chi connectivity index (χ2v) is 11.7. The highest BCUT2D eigenvalue weighted by Gasteiger charge is 2.30. The molecule has 0 aliphatic heterocycles. The van der Waals surface area contributed by atoms with Crippen molar-refractivity contribution in [2.24, 2.45) is 11.5 Å². The highest BCUT2D eigenvalue weighted by Crippen LogP contribution is 2.44. The smallest absolute Gasteiger partial charge is 0.417 e. The second-order valence-electron chi connectivity index (χ2n) is 11.7. The number of carboxylic acid groups (broad SMARTS) is 1. The largest absolute Gasteiger partial charge is 0.494 e. The van der Waals surface area contributed by atoms with Crippen molar-refractivity contribution >= 4 is 18.0 Å². The predicted molar refractivity (Wildman–Crippen MR) is 196 cm³/mol. The number of aliphatic carboxylic acids is 1. The zero-order chi connectivity index (χ0) is 36.8. The molecule has 1 atom stereocenters. The summed E-state index contributed by atoms with van der Waals surface area (Å²) in [5.41, 5.74) is 17.2. The highest BCUT2D eigenvalue weighted by atomic mass is 16.6. The third-order valence-electron chi connectivity index (χ3n) is 8.32. The minimum absolute atomic E-state index is 0.0915. The van der Waals surface area contributed by atoms with Crippen LogP contribution in [0.2, 0.25) is 0 Å². The normalized spacial score (nSPS) is 12.0. The van der Waals surface area contributed by atoms with Gasteiger partial charge in [-0.3, -0.25) is 9.59 Å². The standard InChI is InChI=1S/C34H34N2O6.C6H13NO2/c1-3-39-25-17-18-26(32(19-25)40-4-2)23-13-15-24(16-14-23)41-21-33(37)36(22-35)34(38)42-20-31-29-11-7-5-9-27(29)28-10-6-8-12-30(28)31;1-2-3-4-5(7)6(8)9/h5-19,31H,3-4,20-22,35H2,1-2H3;5H,2-4,7H2,1H3,(H,8,9)/t;5-/m.0/s1. The lowest BCUT2D eigenvalue weighted by Gasteiger charge is -2.20. The van der Waals surface area contributed by atoms with E-state index in [1.165, 1.54) is 0 Å². The van der Waals surface area contributed by atoms with Crippen LogP contribution in [0.3, 0.4) is 0 Å². The van der Waals surface area contributed by atoms with E-state index in [4.69, 9.17) is 35.5 Å². The molecule has 0 saturated heterocycles. The number of nitrogens with zero attached hydrogens (tertiary/aromatic N) is 1. The molecule has 4 aromatic carbocycles. The van der Waals surface area contributed by atoms with Crippen LogP contribution in [0.4, 0.5) is 4.79 Å². The Labute approximate surface area is 299 Å². The van der Waals surface area contributed by atoms with Crippen molar-refractivity contribution in [2.75, 3.05) is 33.1 Å². The maximum absolute atomic E-state index is 12.9. The summed E-state index contributed by atoms with van der Waals surface area (Å²) in [6.07, 6.45) is 1.68. The topological polar surface area (TPSA) is 164 Å². The van der Waals surface area contributed by atoms with Crippen molar-refractivity contribution in [3.05, 3.63) is 102 Å². The first kappa shape index (κ1) is 38.4. The van der Waals surface area contributed by atoms with E-state index in [0.717, 1.165) is 56.9 Å². The van der Waals surface area contributed by atoms with Gasteiger partial charge >= 0.3 is 12.1 Å². The molecule has 0 fully saturated rings. The van der Waals surface area contributed by atoms with E-state index in [-0.39, 0.29) is 25.8 Å². The second kappa shape index (κ2) is 19.1. The number of ether oxygens (including phenoxy) is 4. The molecule has 0 aromatic heterocycles. The summed E-state index contributed by atoms with van der Waals surface area (Å²) in [6, 6.07) is 28.4. The van der Waals surface area contributed by atoms with Gasteiger partial charge in [0, 0.05) is 17.5 Å². The number of fused-ring (bicyclic) bond motifs is 3. The molecule has 0 unspecified atom stereocenters. The minimum Gasteiger partial charge on any atom is -0.494 e. The number of hydrogen-bond acceptors (Lipinski definition) is 9. The quantitative estimate of drug-likeness (QED) is 0.112. The van der Waals surface area contributed by atoms with Gasteiger partial charge in [0.2, 0.25) is 0 Å². The molecule has 0 spiro atoms. The molecular formula is C40H47N3O8. The Morgan fingerprint density at radius 2 is 1.39 bits per heavy atom. The van der Waals surface area contributed by atoms with Crippen LogP contribution < -0.4 is 25.7 Å². The molecule has 270 valence electrons. The first-order valence-corrected chi connectivity index (χ1v) is 17.2. The fourth-order valence-electron chi connectivity index (χ4n) is 5.72. The molecule has 11 nitrogen and oxygen atoms in total. The number of benzene rings is 4. The first-order valence-electron chi connectivity index (χ1n) is 17.2. The number of hydrogen-bond donors (Lipinski definition) is 3. The number of carbonyl (C=O) groups excluding carboxylic acids is 2. The number of carbonyl (C=O) groups is 3. The van der Waals surface area contributed by atoms with Gasteiger partial charge in [0.25, 0.3) is 5.91 Å². The molecule has 0 heterocycles. The van der Waals surface area contributed by atoms with Gasteiger partial charge in [0.1, 0.15) is 29.9 Å². The molecule has 51 heavy (non-hydrogen) atoms. The maximum atomic E-state index is 12.9. The van der Waals surface area contributed by atoms with Crippen molar-refractivity contribution in [1.29, 1.82) is 0 Å². The van der Waals surface area contributed by atoms with Crippen LogP contribution in [0, 0.1) is 0 Å². The van der Waals surface area contributed by atoms with Crippen molar-refractivity contribution in [2.45, 2.75) is 52.0 Å². The third kappa shape index (κ3) is 10.1. The average Bonchev–Trinajstić information content (AvgIpc) is 3.46. The molecule has 2 amide bonds. The Hall–Kier alpha value is -5.39. The van der Waals surface area contributed by atoms with Crippen LogP contribution in [0.5, 0.6) is 17.2 Å². The lowest BCUT2D eigenvalue weighted by atomic mass is 9.98. The summed E-state index contributed by atoms with van der Waals surface area (Å²) in [5.74, 6) is 0.315. The number of unbranched alkanes of at least 4 members (excludes halogenated alkanes) is 1. The Bertz CT molecular complexity index is 1720. The van der Waals surface area contributed by atoms with E-state index in [1.807, 2.05) is 87.5 Å². The fourth-order valence-corrected chi connectivity index (χ4v) is 5.72. The van der Waals surface area contributed by atoms with Crippen molar-refractivity contribution in [1.82, 2.24) is 4.90 Å². The van der Waals surface area contributed by atoms with Gasteiger partial charge in [-0.1, -0.05) is 80.4 Å². The van der Waals surface area contributed by atoms with Gasteiger partial charge in [0.15, 0.2) is 6.61 Å². The molecular weight excluding hydrogens is 650 g/mol. The molecule has 0 saturated carbocycles. The molecule has 0 radical (unpaired) electrons. The number of carboxylic acids is 1. The molecule has 5 rings (SSSR count). The summed E-state index contributed by atoms with van der Waals surface area (Å²) < 4.78 is 22.7. The van der Waals surface area contributed by atoms with Gasteiger partial charge in [-0.15, -0.1) is 0 Å². The number of rotatable bonds is 15. The molecule has 5 N–H and O–H groups in total. The SMILES string of the molecule is CCCC[C@H](N)C(=O)O.CCOc1ccc(-c2ccc(OCC(=O)N(CN)C(=O)OCC3c4ccccc4-c4ccccc43)cc2)c(OCC)c1. The van der Waals surface area contributed by atoms with Crippen LogP contribution in [0.1, 0.15) is 57.1 Å². The third-order valence-corrected chi connectivity index (χ3v) is 8.32. The summed E-state index contributed by atoms with van der Waals surface area (Å²) in [4.78, 5) is 36.7. The Kier molecular flexibility index (Phi) is 14.4. The van der Waals surface area contributed by atoms with Crippen molar-refractivity contribution < 1.29 is 38.4 Å². The lowest BCUT2D eigenvalue weighted by Crippen LogP contribution is -2.44. The Morgan fingerprint density at radius 1 is 0.784 bits per heavy atom. The Morgan fingerprint density at radius 3 is 1.96 bits per heavy atom. The van der Waals surface area contributed by atoms with Gasteiger partial charge in [-0.05, 0) is 72.4 Å². The number of amides is 2. The maximum Gasteiger partial charge on any atom is 0.417 e. The minimum atomic E-state index is -0.900. The van der Waals surface area contributed by atoms with E-state index in [2.05, 4.69) is 12.1 Å². The molecule has 1 aliphatic carbocycles. The zero-order valence-electron chi connectivity index (χ0n) is 29.4. The van der Waals surface area contributed by atoms with Gasteiger partial charge in [-0.25, -0.2) is 9.69 Å². The zero-order valence-corrected chi connectivity index (χ0v) is 29.4. The number of imide groups is 1. The van der Waals surface area contributed by atoms with E-state index in [0.29, 0.717) is 31.1 Å². The van der Waals surface area contributed by atoms with Gasteiger partial charge in [0.05, 0.1) is 19.9 Å². The van der Waals surface area contributed by atoms with Gasteiger partial charge < -0.3 is 35.5 Å². The molecule has 1 aliphatic rings. The van der Waals surface area contributed by atoms with Crippen molar-refractivity contribution in [3.63, 3.8) is 0 Å². The average molecular weight is 698 g/mol. The first-order chi connectivity index (χ1) is 24.7. The summed E-state index contributed by atoms with van der Waals surface area (Å²) >= 11 is 0. The lowest BCUT2D eigenvalue weighted by molar-refractivity contribution is -0.138. The van der Waals surface area contributed by atoms with E-state index < -0.39 is 24.0 Å². The fraction of sp³-hybridized carbons (Fsp3) is 0.325. The van der Waals surface area contributed by atoms with Crippen molar-refractivity contribution in [3.8, 4) is 39.5 Å². The van der Waals surface area contributed by atoms with Crippen LogP contribution >= 0.6 is 0 Å². The summed E-state index contributed by atoms with van der Waals surface area (Å²) in [7, 11) is 0. The van der Waals surface area contributed by atoms with Crippen LogP contribution in [-0.2, 0) is 14.3 Å². The van der Waals surface area contributed by atoms with Gasteiger partial charge in [-0.2, -0.15) is 0 Å². The Balaban J connectivity index is 0.000000573. The number of nitrogens with two attached hydrogens (primary N) is 2. The molecule has 0 bridgehead atoms. The molecule has 11 heteroatoms. The highest BCUT2D eigenvalue weighted by molar-refractivity contribution is 5.93. The van der Waals surface area contributed by atoms with E-state index >= 15 is 0 Å². The predicted octanol–water partition coefficient (Wildman–Crippen LogP) is 6.81. The van der Waals surface area contributed by atoms with Crippen LogP contribution in [0.15, 0.2) is 91.0 Å². The van der Waals surface area contributed by atoms with Crippen LogP contribution in [-0.4, -0.2) is 67.1 Å². The monoisotopic (exact) mass is 697 g/mol. The van der Waals surface area contributed by atoms with E-state index in [9.17, 15) is 14.4 Å².